The van der Waals surface area contributed by atoms with E-state index in [4.69, 9.17) is 0 Å². The first-order valence-corrected chi connectivity index (χ1v) is 5.02. The van der Waals surface area contributed by atoms with Crippen molar-refractivity contribution in [3.05, 3.63) is 0 Å². The van der Waals surface area contributed by atoms with E-state index in [9.17, 15) is 4.79 Å². The fourth-order valence-electron chi connectivity index (χ4n) is 2.61. The maximum Gasteiger partial charge on any atom is 0.144 e. The predicted octanol–water partition coefficient (Wildman–Crippen LogP) is 1.99. The SMILES string of the molecule is CNC1CC(C)(C)C(=O)C(C)(C)C1. The maximum absolute atomic E-state index is 12.0. The third-order valence-electron chi connectivity index (χ3n) is 3.15. The Balaban J connectivity index is 2.88. The van der Waals surface area contributed by atoms with Crippen LogP contribution in [0.25, 0.3) is 0 Å². The molecular weight excluding hydrogens is 162 g/mol. The van der Waals surface area contributed by atoms with Crippen LogP contribution >= 0.6 is 0 Å². The molecule has 0 aliphatic heterocycles. The van der Waals surface area contributed by atoms with Crippen LogP contribution in [-0.4, -0.2) is 18.9 Å². The van der Waals surface area contributed by atoms with Crippen molar-refractivity contribution in [1.82, 2.24) is 5.32 Å². The molecule has 1 rings (SSSR count). The van der Waals surface area contributed by atoms with Gasteiger partial charge < -0.3 is 5.32 Å². The molecule has 0 unspecified atom stereocenters. The van der Waals surface area contributed by atoms with Crippen LogP contribution in [0.15, 0.2) is 0 Å². The highest BCUT2D eigenvalue weighted by Crippen LogP contribution is 2.42. The summed E-state index contributed by atoms with van der Waals surface area (Å²) in [5.41, 5.74) is -0.315. The summed E-state index contributed by atoms with van der Waals surface area (Å²) in [7, 11) is 1.98. The molecule has 1 N–H and O–H groups in total. The number of nitrogens with one attached hydrogen (secondary N) is 1. The molecule has 0 heterocycles. The first kappa shape index (κ1) is 10.7. The molecule has 2 nitrogen and oxygen atoms in total. The van der Waals surface area contributed by atoms with Gasteiger partial charge in [-0.15, -0.1) is 0 Å². The standard InChI is InChI=1S/C11H21NO/c1-10(2)6-8(12-5)7-11(3,4)9(10)13/h8,12H,6-7H2,1-5H3. The van der Waals surface area contributed by atoms with Gasteiger partial charge in [0.2, 0.25) is 0 Å². The van der Waals surface area contributed by atoms with E-state index in [-0.39, 0.29) is 10.8 Å². The van der Waals surface area contributed by atoms with Gasteiger partial charge in [-0.1, -0.05) is 27.7 Å². The number of rotatable bonds is 1. The van der Waals surface area contributed by atoms with Gasteiger partial charge in [0.05, 0.1) is 0 Å². The molecule has 1 saturated carbocycles. The Labute approximate surface area is 81.1 Å². The highest BCUT2D eigenvalue weighted by molar-refractivity contribution is 5.90. The summed E-state index contributed by atoms with van der Waals surface area (Å²) in [5.74, 6) is 0.409. The molecule has 0 spiro atoms. The zero-order chi connectivity index (χ0) is 10.3. The summed E-state index contributed by atoms with van der Waals surface area (Å²) in [4.78, 5) is 12.0. The molecule has 1 aliphatic rings. The van der Waals surface area contributed by atoms with Crippen LogP contribution in [0.3, 0.4) is 0 Å². The molecule has 0 aromatic rings. The summed E-state index contributed by atoms with van der Waals surface area (Å²) in [5, 5.41) is 3.28. The molecular formula is C11H21NO. The van der Waals surface area contributed by atoms with Crippen molar-refractivity contribution in [2.24, 2.45) is 10.8 Å². The van der Waals surface area contributed by atoms with E-state index in [1.807, 2.05) is 7.05 Å². The molecule has 0 bridgehead atoms. The minimum Gasteiger partial charge on any atom is -0.317 e. The lowest BCUT2D eigenvalue weighted by molar-refractivity contribution is -0.140. The Morgan fingerprint density at radius 1 is 1.15 bits per heavy atom. The number of carbonyl (C=O) groups excluding carboxylic acids is 1. The van der Waals surface area contributed by atoms with Crippen LogP contribution in [0, 0.1) is 10.8 Å². The van der Waals surface area contributed by atoms with Gasteiger partial charge in [0, 0.05) is 16.9 Å². The van der Waals surface area contributed by atoms with Crippen molar-refractivity contribution < 1.29 is 4.79 Å². The van der Waals surface area contributed by atoms with Gasteiger partial charge in [-0.3, -0.25) is 4.79 Å². The Hall–Kier alpha value is -0.370. The van der Waals surface area contributed by atoms with Crippen LogP contribution in [0.1, 0.15) is 40.5 Å². The van der Waals surface area contributed by atoms with Gasteiger partial charge in [-0.25, -0.2) is 0 Å². The monoisotopic (exact) mass is 183 g/mol. The van der Waals surface area contributed by atoms with Crippen LogP contribution in [0.4, 0.5) is 0 Å². The van der Waals surface area contributed by atoms with E-state index in [0.717, 1.165) is 12.8 Å². The minimum absolute atomic E-state index is 0.157. The highest BCUT2D eigenvalue weighted by Gasteiger charge is 2.45. The van der Waals surface area contributed by atoms with Gasteiger partial charge in [-0.05, 0) is 19.9 Å². The molecule has 0 saturated heterocycles. The van der Waals surface area contributed by atoms with Crippen LogP contribution in [0.2, 0.25) is 0 Å². The number of Topliss-reactive ketones (excluding diaryl/α,β-unsaturated/α-hetero) is 1. The number of hydrogen-bond acceptors (Lipinski definition) is 2. The topological polar surface area (TPSA) is 29.1 Å². The van der Waals surface area contributed by atoms with E-state index in [2.05, 4.69) is 33.0 Å². The lowest BCUT2D eigenvalue weighted by atomic mass is 9.62. The van der Waals surface area contributed by atoms with E-state index in [0.29, 0.717) is 11.8 Å². The largest absolute Gasteiger partial charge is 0.317 e. The maximum atomic E-state index is 12.0. The lowest BCUT2D eigenvalue weighted by Crippen LogP contribution is -2.49. The van der Waals surface area contributed by atoms with Gasteiger partial charge in [0.1, 0.15) is 5.78 Å². The summed E-state index contributed by atoms with van der Waals surface area (Å²) < 4.78 is 0. The Morgan fingerprint density at radius 2 is 1.54 bits per heavy atom. The molecule has 2 heteroatoms. The second-order valence-electron chi connectivity index (χ2n) is 5.49. The number of hydrogen-bond donors (Lipinski definition) is 1. The van der Waals surface area contributed by atoms with Gasteiger partial charge in [0.15, 0.2) is 0 Å². The average Bonchev–Trinajstić information content (AvgIpc) is 1.99. The van der Waals surface area contributed by atoms with Gasteiger partial charge in [0.25, 0.3) is 0 Å². The van der Waals surface area contributed by atoms with Gasteiger partial charge >= 0.3 is 0 Å². The molecule has 0 atom stereocenters. The first-order valence-electron chi connectivity index (χ1n) is 5.02. The van der Waals surface area contributed by atoms with E-state index >= 15 is 0 Å². The molecule has 0 aromatic carbocycles. The van der Waals surface area contributed by atoms with Crippen molar-refractivity contribution in [2.75, 3.05) is 7.05 Å². The highest BCUT2D eigenvalue weighted by atomic mass is 16.1. The normalized spacial score (nSPS) is 27.6. The Kier molecular flexibility index (Phi) is 2.54. The molecule has 0 radical (unpaired) electrons. The molecule has 0 aromatic heterocycles. The molecule has 13 heavy (non-hydrogen) atoms. The summed E-state index contributed by atoms with van der Waals surface area (Å²) in [6.45, 7) is 8.22. The quantitative estimate of drug-likeness (QED) is 0.673. The summed E-state index contributed by atoms with van der Waals surface area (Å²) in [6, 6.07) is 0.489. The fourth-order valence-corrected chi connectivity index (χ4v) is 2.61. The van der Waals surface area contributed by atoms with Crippen molar-refractivity contribution >= 4 is 5.78 Å². The Morgan fingerprint density at radius 3 is 1.85 bits per heavy atom. The first-order chi connectivity index (χ1) is 5.79. The molecule has 1 aliphatic carbocycles. The van der Waals surface area contributed by atoms with Crippen LogP contribution < -0.4 is 5.32 Å². The average molecular weight is 183 g/mol. The van der Waals surface area contributed by atoms with E-state index in [1.165, 1.54) is 0 Å². The zero-order valence-electron chi connectivity index (χ0n) is 9.40. The minimum atomic E-state index is -0.157. The summed E-state index contributed by atoms with van der Waals surface area (Å²) >= 11 is 0. The smallest absolute Gasteiger partial charge is 0.144 e. The van der Waals surface area contributed by atoms with Crippen molar-refractivity contribution in [3.63, 3.8) is 0 Å². The van der Waals surface area contributed by atoms with Crippen molar-refractivity contribution in [1.29, 1.82) is 0 Å². The molecule has 76 valence electrons. The van der Waals surface area contributed by atoms with Crippen molar-refractivity contribution in [2.45, 2.75) is 46.6 Å². The third kappa shape index (κ3) is 1.93. The van der Waals surface area contributed by atoms with Crippen LogP contribution in [-0.2, 0) is 4.79 Å². The predicted molar refractivity (Wildman–Crippen MR) is 54.7 cm³/mol. The number of ketones is 1. The van der Waals surface area contributed by atoms with Gasteiger partial charge in [-0.2, -0.15) is 0 Å². The fraction of sp³-hybridized carbons (Fsp3) is 0.909. The third-order valence-corrected chi connectivity index (χ3v) is 3.15. The molecule has 1 fully saturated rings. The number of carbonyl (C=O) groups is 1. The second-order valence-corrected chi connectivity index (χ2v) is 5.49. The Bertz CT molecular complexity index is 198. The van der Waals surface area contributed by atoms with E-state index in [1.54, 1.807) is 0 Å². The van der Waals surface area contributed by atoms with Crippen LogP contribution in [0.5, 0.6) is 0 Å². The zero-order valence-corrected chi connectivity index (χ0v) is 9.40. The van der Waals surface area contributed by atoms with E-state index < -0.39 is 0 Å². The lowest BCUT2D eigenvalue weighted by Gasteiger charge is -2.43. The second kappa shape index (κ2) is 3.09. The molecule has 0 amide bonds. The summed E-state index contributed by atoms with van der Waals surface area (Å²) in [6.07, 6.45) is 1.93. The van der Waals surface area contributed by atoms with Crippen molar-refractivity contribution in [3.8, 4) is 0 Å².